The number of carbonyl (C=O) groups is 1. The monoisotopic (exact) mass is 277 g/mol. The van der Waals surface area contributed by atoms with E-state index < -0.39 is 11.5 Å². The second kappa shape index (κ2) is 6.46. The molecule has 6 nitrogen and oxygen atoms in total. The molecule has 1 aromatic heterocycles. The van der Waals surface area contributed by atoms with E-state index in [2.05, 4.69) is 15.3 Å². The van der Waals surface area contributed by atoms with Crippen molar-refractivity contribution in [2.45, 2.75) is 0 Å². The van der Waals surface area contributed by atoms with Gasteiger partial charge in [0, 0.05) is 6.07 Å². The number of hydrogen-bond acceptors (Lipinski definition) is 4. The number of rotatable bonds is 5. The minimum atomic E-state index is -0.459. The molecule has 104 valence electrons. The van der Waals surface area contributed by atoms with Gasteiger partial charge in [-0.1, -0.05) is 0 Å². The van der Waals surface area contributed by atoms with Crippen molar-refractivity contribution in [2.75, 3.05) is 13.2 Å². The highest BCUT2D eigenvalue weighted by atomic mass is 19.1. The third-order valence-corrected chi connectivity index (χ3v) is 2.38. The van der Waals surface area contributed by atoms with E-state index in [1.807, 2.05) is 0 Å². The van der Waals surface area contributed by atoms with Crippen LogP contribution in [0.4, 0.5) is 4.39 Å². The Kier molecular flexibility index (Phi) is 4.43. The van der Waals surface area contributed by atoms with E-state index in [1.54, 1.807) is 0 Å². The number of halogens is 1. The van der Waals surface area contributed by atoms with Crippen molar-refractivity contribution >= 4 is 5.91 Å². The molecule has 0 aliphatic heterocycles. The number of aromatic nitrogens is 2. The normalized spacial score (nSPS) is 10.1. The summed E-state index contributed by atoms with van der Waals surface area (Å²) in [6.45, 7) is 0.464. The molecule has 0 saturated carbocycles. The minimum absolute atomic E-state index is 0.0375. The van der Waals surface area contributed by atoms with Crippen LogP contribution in [0.5, 0.6) is 5.75 Å². The lowest BCUT2D eigenvalue weighted by molar-refractivity contribution is 0.0941. The predicted molar refractivity (Wildman–Crippen MR) is 69.1 cm³/mol. The zero-order chi connectivity index (χ0) is 14.4. The van der Waals surface area contributed by atoms with Crippen molar-refractivity contribution in [3.8, 4) is 5.75 Å². The van der Waals surface area contributed by atoms with Crippen LogP contribution in [-0.4, -0.2) is 29.0 Å². The number of nitrogens with zero attached hydrogens (tertiary/aromatic N) is 1. The van der Waals surface area contributed by atoms with Gasteiger partial charge < -0.3 is 15.0 Å². The Morgan fingerprint density at radius 2 is 2.10 bits per heavy atom. The van der Waals surface area contributed by atoms with Gasteiger partial charge in [0.25, 0.3) is 11.5 Å². The van der Waals surface area contributed by atoms with Crippen LogP contribution >= 0.6 is 0 Å². The highest BCUT2D eigenvalue weighted by Gasteiger charge is 2.06. The maximum absolute atomic E-state index is 12.7. The fourth-order valence-electron chi connectivity index (χ4n) is 1.45. The SMILES string of the molecule is O=C(NCCOc1ccc(F)cc1)c1cc(=O)[nH]cn1. The molecule has 0 bridgehead atoms. The van der Waals surface area contributed by atoms with E-state index in [1.165, 1.54) is 24.3 Å². The predicted octanol–water partition coefficient (Wildman–Crippen LogP) is 0.718. The molecule has 0 aliphatic carbocycles. The first-order valence-electron chi connectivity index (χ1n) is 5.86. The zero-order valence-corrected chi connectivity index (χ0v) is 10.4. The Balaban J connectivity index is 1.77. The average Bonchev–Trinajstić information content (AvgIpc) is 2.45. The van der Waals surface area contributed by atoms with E-state index in [-0.39, 0.29) is 24.7 Å². The van der Waals surface area contributed by atoms with E-state index in [0.29, 0.717) is 5.75 Å². The Labute approximate surface area is 113 Å². The molecule has 1 heterocycles. The van der Waals surface area contributed by atoms with Crippen molar-refractivity contribution in [3.05, 3.63) is 58.5 Å². The summed E-state index contributed by atoms with van der Waals surface area (Å²) >= 11 is 0. The number of H-pyrrole nitrogens is 1. The molecule has 1 amide bonds. The van der Waals surface area contributed by atoms with Gasteiger partial charge in [-0.15, -0.1) is 0 Å². The summed E-state index contributed by atoms with van der Waals surface area (Å²) in [5.74, 6) is -0.292. The fraction of sp³-hybridized carbons (Fsp3) is 0.154. The molecule has 7 heteroatoms. The molecule has 20 heavy (non-hydrogen) atoms. The van der Waals surface area contributed by atoms with E-state index in [4.69, 9.17) is 4.74 Å². The average molecular weight is 277 g/mol. The van der Waals surface area contributed by atoms with E-state index in [0.717, 1.165) is 12.4 Å². The van der Waals surface area contributed by atoms with Crippen molar-refractivity contribution in [3.63, 3.8) is 0 Å². The second-order valence-corrected chi connectivity index (χ2v) is 3.85. The molecule has 2 aromatic rings. The Hall–Kier alpha value is -2.70. The van der Waals surface area contributed by atoms with Crippen LogP contribution in [0.1, 0.15) is 10.5 Å². The van der Waals surface area contributed by atoms with Crippen LogP contribution in [0.25, 0.3) is 0 Å². The second-order valence-electron chi connectivity index (χ2n) is 3.85. The molecule has 2 N–H and O–H groups in total. The van der Waals surface area contributed by atoms with Crippen LogP contribution in [0.15, 0.2) is 41.5 Å². The van der Waals surface area contributed by atoms with Gasteiger partial charge in [0.15, 0.2) is 0 Å². The summed E-state index contributed by atoms with van der Waals surface area (Å²) in [6, 6.07) is 6.67. The van der Waals surface area contributed by atoms with Gasteiger partial charge in [-0.2, -0.15) is 0 Å². The van der Waals surface area contributed by atoms with Gasteiger partial charge in [-0.3, -0.25) is 9.59 Å². The Morgan fingerprint density at radius 3 is 2.80 bits per heavy atom. The molecule has 0 radical (unpaired) electrons. The molecule has 1 aromatic carbocycles. The molecule has 0 unspecified atom stereocenters. The smallest absolute Gasteiger partial charge is 0.270 e. The van der Waals surface area contributed by atoms with Gasteiger partial charge in [0.1, 0.15) is 23.9 Å². The number of aromatic amines is 1. The largest absolute Gasteiger partial charge is 0.492 e. The van der Waals surface area contributed by atoms with Gasteiger partial charge >= 0.3 is 0 Å². The van der Waals surface area contributed by atoms with Gasteiger partial charge in [0.05, 0.1) is 12.9 Å². The van der Waals surface area contributed by atoms with E-state index >= 15 is 0 Å². The van der Waals surface area contributed by atoms with E-state index in [9.17, 15) is 14.0 Å². The zero-order valence-electron chi connectivity index (χ0n) is 10.4. The van der Waals surface area contributed by atoms with Crippen molar-refractivity contribution in [1.82, 2.24) is 15.3 Å². The topological polar surface area (TPSA) is 84.1 Å². The highest BCUT2D eigenvalue weighted by molar-refractivity contribution is 5.91. The number of benzene rings is 1. The van der Waals surface area contributed by atoms with Crippen LogP contribution in [0.2, 0.25) is 0 Å². The maximum atomic E-state index is 12.7. The third kappa shape index (κ3) is 3.91. The molecule has 0 aliphatic rings. The third-order valence-electron chi connectivity index (χ3n) is 2.38. The summed E-state index contributed by atoms with van der Waals surface area (Å²) < 4.78 is 18.0. The molecule has 0 spiro atoms. The van der Waals surface area contributed by atoms with Crippen LogP contribution in [-0.2, 0) is 0 Å². The molecule has 2 rings (SSSR count). The standard InChI is InChI=1S/C13H12FN3O3/c14-9-1-3-10(4-2-9)20-6-5-15-13(19)11-7-12(18)17-8-16-11/h1-4,7-8H,5-6H2,(H,15,19)(H,16,17,18). The summed E-state index contributed by atoms with van der Waals surface area (Å²) in [6.07, 6.45) is 1.16. The molecular formula is C13H12FN3O3. The maximum Gasteiger partial charge on any atom is 0.270 e. The molecular weight excluding hydrogens is 265 g/mol. The summed E-state index contributed by atoms with van der Waals surface area (Å²) in [4.78, 5) is 28.7. The summed E-state index contributed by atoms with van der Waals surface area (Å²) in [7, 11) is 0. The number of ether oxygens (including phenoxy) is 1. The lowest BCUT2D eigenvalue weighted by Gasteiger charge is -2.07. The van der Waals surface area contributed by atoms with Gasteiger partial charge in [-0.05, 0) is 24.3 Å². The Morgan fingerprint density at radius 1 is 1.35 bits per heavy atom. The number of nitrogens with one attached hydrogen (secondary N) is 2. The van der Waals surface area contributed by atoms with Crippen molar-refractivity contribution < 1.29 is 13.9 Å². The molecule has 0 saturated heterocycles. The number of amides is 1. The first kappa shape index (κ1) is 13.7. The first-order chi connectivity index (χ1) is 9.65. The minimum Gasteiger partial charge on any atom is -0.492 e. The fourth-order valence-corrected chi connectivity index (χ4v) is 1.45. The quantitative estimate of drug-likeness (QED) is 0.789. The summed E-state index contributed by atoms with van der Waals surface area (Å²) in [5, 5.41) is 2.55. The lowest BCUT2D eigenvalue weighted by Crippen LogP contribution is -2.29. The van der Waals surface area contributed by atoms with Crippen molar-refractivity contribution in [1.29, 1.82) is 0 Å². The van der Waals surface area contributed by atoms with Crippen LogP contribution in [0, 0.1) is 5.82 Å². The van der Waals surface area contributed by atoms with Crippen LogP contribution < -0.4 is 15.6 Å². The van der Waals surface area contributed by atoms with Crippen molar-refractivity contribution in [2.24, 2.45) is 0 Å². The molecule has 0 fully saturated rings. The van der Waals surface area contributed by atoms with Gasteiger partial charge in [-0.25, -0.2) is 9.37 Å². The number of carbonyl (C=O) groups excluding carboxylic acids is 1. The summed E-state index contributed by atoms with van der Waals surface area (Å²) in [5.41, 5.74) is -0.358. The highest BCUT2D eigenvalue weighted by Crippen LogP contribution is 2.10. The first-order valence-corrected chi connectivity index (χ1v) is 5.86. The molecule has 0 atom stereocenters. The Bertz CT molecular complexity index is 640. The van der Waals surface area contributed by atoms with Crippen LogP contribution in [0.3, 0.4) is 0 Å². The lowest BCUT2D eigenvalue weighted by atomic mass is 10.3. The number of hydrogen-bond donors (Lipinski definition) is 2. The van der Waals surface area contributed by atoms with Gasteiger partial charge in [0.2, 0.25) is 0 Å².